The quantitative estimate of drug-likeness (QED) is 0.0688. The van der Waals surface area contributed by atoms with E-state index >= 15 is 0 Å². The minimum atomic E-state index is -0.993. The van der Waals surface area contributed by atoms with E-state index in [9.17, 15) is 39.0 Å². The Kier molecular flexibility index (Phi) is 21.5. The molecule has 10 heterocycles. The van der Waals surface area contributed by atoms with Crippen molar-refractivity contribution in [3.63, 3.8) is 0 Å². The number of aliphatic hydroxyl groups is 2. The molecule has 109 heavy (non-hydrogen) atoms. The van der Waals surface area contributed by atoms with Crippen LogP contribution >= 0.6 is 0 Å². The molecule has 10 fully saturated rings. The van der Waals surface area contributed by atoms with Crippen molar-refractivity contribution in [2.45, 2.75) is 198 Å². The summed E-state index contributed by atoms with van der Waals surface area (Å²) in [6.45, 7) is 27.7. The minimum absolute atomic E-state index is 0.201. The zero-order valence-electron chi connectivity index (χ0n) is 65.3. The zero-order chi connectivity index (χ0) is 76.8. The number of ether oxygens (including phenoxy) is 10. The first-order valence-electron chi connectivity index (χ1n) is 40.4. The highest BCUT2D eigenvalue weighted by molar-refractivity contribution is 5.92. The van der Waals surface area contributed by atoms with Crippen LogP contribution in [0.3, 0.4) is 0 Å². The van der Waals surface area contributed by atoms with Gasteiger partial charge in [-0.2, -0.15) is 0 Å². The summed E-state index contributed by atoms with van der Waals surface area (Å²) in [6.07, 6.45) is 19.7. The van der Waals surface area contributed by atoms with Gasteiger partial charge >= 0.3 is 35.8 Å². The lowest BCUT2D eigenvalue weighted by Crippen LogP contribution is -2.73. The number of carbonyl (C=O) groups excluding carboxylic acids is 6. The highest BCUT2D eigenvalue weighted by Gasteiger charge is 2.71. The molecule has 8 saturated heterocycles. The Labute approximate surface area is 641 Å². The molecule has 2 aromatic carbocycles. The molecular formula is C88H114N3O18+3. The van der Waals surface area contributed by atoms with Crippen molar-refractivity contribution in [1.29, 1.82) is 0 Å². The van der Waals surface area contributed by atoms with E-state index in [0.29, 0.717) is 35.1 Å². The maximum atomic E-state index is 13.9. The second-order valence-corrected chi connectivity index (χ2v) is 35.2. The molecule has 2 spiro atoms. The standard InChI is InChI=1S/C44H58N2O9.C44H56NO9/c1-26-22-27(2)44-33(14-15-34-36(44)37(47)28(3)39(40(34)55-44)54-41(48)31-11-7-8-12-31)24-35(51-6)43(50)53-38(26)29(4)52-42(49)32-13-9-10-30(23-32)25-46-19-16-45(5,17-20-46)18-21-46;1-25-21-26(2)44-33(13-14-34-36(44)37(46)27(3)39(40(34)54-44)53-41(47)31-10-6-7-11-31)23-35(50-5)43(49)52-38(25)28(4)51-42(48)32-12-8-9-30(22-32)24-45-18-15-29(16-19-45)17-20-45/h7-11,13-15,22-23,26,28-29,33-40,47H,12,16-21,24-25H2,1-6H3;6-10,12-14,21-22,25,27-29,33-40,46H,11,15-20,23-24H2,1-5H3/q+2;+1/b27-22+;26-21+/t26-,28-,29-,33?,34-,35+,36+,37-,38+,39-,40-,44+,45?,46?;25-,27-,28-,29?,33?,34-,35+,36+,37-,38+,39-,40-,44+,45?/m11/s1. The first kappa shape index (κ1) is 77.2. The molecule has 2 saturated carbocycles. The summed E-state index contributed by atoms with van der Waals surface area (Å²) < 4.78 is 66.0. The molecule has 12 bridgehead atoms. The Balaban J connectivity index is 0.000000174. The Morgan fingerprint density at radius 3 is 1.35 bits per heavy atom. The van der Waals surface area contributed by atoms with Gasteiger partial charge in [0, 0.05) is 95.7 Å². The van der Waals surface area contributed by atoms with Crippen molar-refractivity contribution in [2.75, 3.05) is 80.2 Å². The Bertz CT molecular complexity index is 4080. The topological polar surface area (TPSA) is 235 Å². The molecular weight excluding hydrogens is 1390 g/mol. The SMILES string of the molecule is CO[C@H]1CC2C=C[C@H]3[C@H]4O[C@]2(/C(C)=C/[C@@H](C)[C@@H]([C@@H](C)OC(=O)c2cccc(C[N+]56CCC(CC5)CC6)c2)OC1=O)[C@@H]3[C@H](O)[C@@H](C)[C@H]4OC(=O)C1=CC=CC1.CO[C@H]1CC2C=C[C@H]3[C@H]4O[C@]2(/C(C)=C/[C@@H](C)[C@@H]([C@@H](C)OC(=O)c2cccc(C[N+]56CC[N+](C)(CC5)CC6)c2)OC1=O)[C@@H]3[C@H](O)[C@@H](C)[C@H]4OC(=O)C1=CC=CC1. The van der Waals surface area contributed by atoms with E-state index < -0.39 is 132 Å². The van der Waals surface area contributed by atoms with Crippen LogP contribution in [0.25, 0.3) is 0 Å². The molecule has 18 rings (SSSR count). The van der Waals surface area contributed by atoms with Gasteiger partial charge in [-0.15, -0.1) is 0 Å². The van der Waals surface area contributed by atoms with Gasteiger partial charge in [0.15, 0.2) is 12.2 Å². The minimum Gasteiger partial charge on any atom is -0.456 e. The fourth-order valence-corrected chi connectivity index (χ4v) is 22.2. The van der Waals surface area contributed by atoms with Crippen LogP contribution in [0.5, 0.6) is 0 Å². The molecule has 21 nitrogen and oxygen atoms in total. The third-order valence-corrected chi connectivity index (χ3v) is 28.6. The fourth-order valence-electron chi connectivity index (χ4n) is 22.2. The van der Waals surface area contributed by atoms with E-state index in [1.54, 1.807) is 38.1 Å². The number of likely N-dealkylation sites (N-methyl/N-ethyl adjacent to an activating group) is 1. The van der Waals surface area contributed by atoms with Gasteiger partial charge in [-0.05, 0) is 114 Å². The van der Waals surface area contributed by atoms with E-state index in [1.807, 2.05) is 102 Å². The number of fused-ring (bicyclic) bond motifs is 6. The zero-order valence-corrected chi connectivity index (χ0v) is 65.3. The normalized spacial score (nSPS) is 42.7. The third kappa shape index (κ3) is 14.1. The number of nitrogens with zero attached hydrogens (tertiary/aromatic N) is 3. The van der Waals surface area contributed by atoms with E-state index in [0.717, 1.165) is 74.4 Å². The monoisotopic (exact) mass is 1500 g/mol. The number of hydrogen-bond donors (Lipinski definition) is 2. The molecule has 21 heteroatoms. The number of aliphatic hydroxyl groups excluding tert-OH is 2. The molecule has 10 aliphatic heterocycles. The van der Waals surface area contributed by atoms with Crippen molar-refractivity contribution >= 4 is 35.8 Å². The molecule has 2 aromatic rings. The average Bonchev–Trinajstić information content (AvgIpc) is 1.54. The summed E-state index contributed by atoms with van der Waals surface area (Å²) in [5.74, 6) is -5.24. The Hall–Kier alpha value is -7.18. The number of carbonyl (C=O) groups is 6. The Morgan fingerprint density at radius 2 is 0.963 bits per heavy atom. The van der Waals surface area contributed by atoms with Crippen LogP contribution in [0.4, 0.5) is 0 Å². The van der Waals surface area contributed by atoms with Gasteiger partial charge in [-0.1, -0.05) is 125 Å². The van der Waals surface area contributed by atoms with E-state index in [1.165, 1.54) is 72.8 Å². The smallest absolute Gasteiger partial charge is 0.338 e. The van der Waals surface area contributed by atoms with Crippen molar-refractivity contribution in [2.24, 2.45) is 65.1 Å². The van der Waals surface area contributed by atoms with Crippen molar-refractivity contribution in [3.8, 4) is 0 Å². The number of rotatable bonds is 16. The van der Waals surface area contributed by atoms with Gasteiger partial charge in [-0.3, -0.25) is 0 Å². The predicted octanol–water partition coefficient (Wildman–Crippen LogP) is 9.94. The van der Waals surface area contributed by atoms with Crippen LogP contribution in [0.2, 0.25) is 0 Å². The molecule has 6 aliphatic carbocycles. The van der Waals surface area contributed by atoms with Crippen molar-refractivity contribution in [3.05, 3.63) is 166 Å². The lowest BCUT2D eigenvalue weighted by Gasteiger charge is -2.54. The van der Waals surface area contributed by atoms with Gasteiger partial charge in [0.2, 0.25) is 0 Å². The van der Waals surface area contributed by atoms with Crippen molar-refractivity contribution < 1.29 is 99.8 Å². The lowest BCUT2D eigenvalue weighted by atomic mass is 9.57. The third-order valence-electron chi connectivity index (χ3n) is 28.6. The summed E-state index contributed by atoms with van der Waals surface area (Å²) in [4.78, 5) is 81.7. The number of methoxy groups -OCH3 is 2. The van der Waals surface area contributed by atoms with Crippen LogP contribution in [0.15, 0.2) is 144 Å². The molecule has 2 N–H and O–H groups in total. The number of allylic oxidation sites excluding steroid dienone is 6. The van der Waals surface area contributed by atoms with Crippen LogP contribution in [-0.4, -0.2) is 224 Å². The van der Waals surface area contributed by atoms with E-state index in [4.69, 9.17) is 47.4 Å². The molecule has 0 radical (unpaired) electrons. The number of hydrogen-bond acceptors (Lipinski definition) is 18. The maximum absolute atomic E-state index is 13.9. The maximum Gasteiger partial charge on any atom is 0.338 e. The van der Waals surface area contributed by atoms with E-state index in [-0.39, 0.29) is 60.2 Å². The average molecular weight is 1500 g/mol. The summed E-state index contributed by atoms with van der Waals surface area (Å²) in [5.41, 5.74) is 4.17. The number of quaternary nitrogens is 3. The highest BCUT2D eigenvalue weighted by atomic mass is 16.6. The number of piperazine rings is 3. The molecule has 0 aromatic heterocycles. The largest absolute Gasteiger partial charge is 0.456 e. The molecule has 16 aliphatic rings. The summed E-state index contributed by atoms with van der Waals surface area (Å²) >= 11 is 0. The van der Waals surface area contributed by atoms with Crippen LogP contribution < -0.4 is 0 Å². The first-order valence-corrected chi connectivity index (χ1v) is 40.4. The van der Waals surface area contributed by atoms with Gasteiger partial charge < -0.3 is 71.0 Å². The van der Waals surface area contributed by atoms with Gasteiger partial charge in [0.1, 0.15) is 112 Å². The Morgan fingerprint density at radius 1 is 0.560 bits per heavy atom. The molecule has 24 atom stereocenters. The highest BCUT2D eigenvalue weighted by Crippen LogP contribution is 2.63. The number of piperidine rings is 3. The van der Waals surface area contributed by atoms with Gasteiger partial charge in [-0.25, -0.2) is 28.8 Å². The van der Waals surface area contributed by atoms with Gasteiger partial charge in [0.25, 0.3) is 0 Å². The lowest BCUT2D eigenvalue weighted by molar-refractivity contribution is -1.08. The number of cyclic esters (lactones) is 2. The molecule has 586 valence electrons. The van der Waals surface area contributed by atoms with Crippen LogP contribution in [0, 0.1) is 65.1 Å². The van der Waals surface area contributed by atoms with Crippen LogP contribution in [0.1, 0.15) is 132 Å². The fraction of sp³-hybridized carbons (Fsp3) is 0.614. The predicted molar refractivity (Wildman–Crippen MR) is 403 cm³/mol. The summed E-state index contributed by atoms with van der Waals surface area (Å²) in [7, 11) is 5.33. The molecule has 2 unspecified atom stereocenters. The number of benzene rings is 2. The van der Waals surface area contributed by atoms with Crippen LogP contribution in [-0.2, 0) is 79.6 Å². The second-order valence-electron chi connectivity index (χ2n) is 35.2. The molecule has 0 amide bonds. The van der Waals surface area contributed by atoms with E-state index in [2.05, 4.69) is 43.5 Å². The second kappa shape index (κ2) is 30.4. The van der Waals surface area contributed by atoms with Crippen molar-refractivity contribution in [1.82, 2.24) is 0 Å². The van der Waals surface area contributed by atoms with Gasteiger partial charge in [0.05, 0.1) is 50.0 Å². The number of esters is 6. The summed E-state index contributed by atoms with van der Waals surface area (Å²) in [5, 5.41) is 24.1. The summed E-state index contributed by atoms with van der Waals surface area (Å²) in [6, 6.07) is 15.5. The first-order chi connectivity index (χ1) is 52.2.